The van der Waals surface area contributed by atoms with E-state index in [4.69, 9.17) is 27.9 Å². The maximum atomic E-state index is 13.5. The van der Waals surface area contributed by atoms with Crippen molar-refractivity contribution >= 4 is 34.1 Å². The largest absolute Gasteiger partial charge is 0.496 e. The molecule has 1 heterocycles. The van der Waals surface area contributed by atoms with Gasteiger partial charge in [0, 0.05) is 21.5 Å². The van der Waals surface area contributed by atoms with Crippen LogP contribution in [0.5, 0.6) is 5.75 Å². The molecule has 102 valence electrons. The number of fused-ring (bicyclic) bond motifs is 1. The molecule has 0 aliphatic carbocycles. The van der Waals surface area contributed by atoms with Gasteiger partial charge in [-0.3, -0.25) is 0 Å². The highest BCUT2D eigenvalue weighted by Gasteiger charge is 2.12. The summed E-state index contributed by atoms with van der Waals surface area (Å²) < 4.78 is 18.7. The van der Waals surface area contributed by atoms with E-state index in [1.165, 1.54) is 12.1 Å². The number of rotatable bonds is 2. The van der Waals surface area contributed by atoms with Crippen LogP contribution in [0.15, 0.2) is 36.4 Å². The highest BCUT2D eigenvalue weighted by atomic mass is 35.5. The summed E-state index contributed by atoms with van der Waals surface area (Å²) in [6.45, 7) is 0. The van der Waals surface area contributed by atoms with Gasteiger partial charge >= 0.3 is 0 Å². The van der Waals surface area contributed by atoms with Crippen LogP contribution in [0, 0.1) is 5.82 Å². The minimum Gasteiger partial charge on any atom is -0.496 e. The number of methoxy groups -OCH3 is 1. The van der Waals surface area contributed by atoms with Crippen LogP contribution < -0.4 is 4.74 Å². The fraction of sp³-hybridized carbons (Fsp3) is 0.0667. The third kappa shape index (κ3) is 2.23. The van der Waals surface area contributed by atoms with E-state index in [9.17, 15) is 4.39 Å². The molecule has 0 amide bonds. The molecule has 2 nitrogen and oxygen atoms in total. The molecule has 0 aliphatic rings. The quantitative estimate of drug-likeness (QED) is 0.683. The first kappa shape index (κ1) is 13.3. The molecule has 0 saturated heterocycles. The van der Waals surface area contributed by atoms with E-state index in [1.54, 1.807) is 25.3 Å². The topological polar surface area (TPSA) is 25.0 Å². The number of aromatic amines is 1. The first-order valence-corrected chi connectivity index (χ1v) is 6.66. The van der Waals surface area contributed by atoms with Gasteiger partial charge in [0.2, 0.25) is 0 Å². The van der Waals surface area contributed by atoms with Gasteiger partial charge in [-0.05, 0) is 36.4 Å². The maximum absolute atomic E-state index is 13.5. The van der Waals surface area contributed by atoms with Crippen molar-refractivity contribution in [1.29, 1.82) is 0 Å². The number of H-pyrrole nitrogens is 1. The zero-order valence-electron chi connectivity index (χ0n) is 10.5. The molecule has 0 atom stereocenters. The highest BCUT2D eigenvalue weighted by molar-refractivity contribution is 6.38. The van der Waals surface area contributed by atoms with Gasteiger partial charge in [0.05, 0.1) is 17.8 Å². The van der Waals surface area contributed by atoms with Crippen molar-refractivity contribution in [2.45, 2.75) is 0 Å². The van der Waals surface area contributed by atoms with Gasteiger partial charge in [0.25, 0.3) is 0 Å². The van der Waals surface area contributed by atoms with Crippen molar-refractivity contribution in [2.75, 3.05) is 7.11 Å². The van der Waals surface area contributed by atoms with Crippen LogP contribution in [0.4, 0.5) is 4.39 Å². The molecule has 0 saturated carbocycles. The Morgan fingerprint density at radius 3 is 2.65 bits per heavy atom. The Hall–Kier alpha value is -1.71. The lowest BCUT2D eigenvalue weighted by Gasteiger charge is -2.06. The average molecular weight is 310 g/mol. The fourth-order valence-corrected chi connectivity index (χ4v) is 2.74. The average Bonchev–Trinajstić information content (AvgIpc) is 2.82. The molecular weight excluding hydrogens is 300 g/mol. The van der Waals surface area contributed by atoms with E-state index in [0.717, 1.165) is 16.6 Å². The fourth-order valence-electron chi connectivity index (χ4n) is 2.20. The van der Waals surface area contributed by atoms with E-state index in [0.29, 0.717) is 21.4 Å². The van der Waals surface area contributed by atoms with E-state index in [-0.39, 0.29) is 5.82 Å². The third-order valence-electron chi connectivity index (χ3n) is 3.10. The van der Waals surface area contributed by atoms with Gasteiger partial charge in [0.15, 0.2) is 0 Å². The minimum absolute atomic E-state index is 0.330. The maximum Gasteiger partial charge on any atom is 0.128 e. The summed E-state index contributed by atoms with van der Waals surface area (Å²) >= 11 is 12.1. The van der Waals surface area contributed by atoms with Crippen molar-refractivity contribution in [2.24, 2.45) is 0 Å². The van der Waals surface area contributed by atoms with E-state index >= 15 is 0 Å². The summed E-state index contributed by atoms with van der Waals surface area (Å²) in [5.41, 5.74) is 2.15. The summed E-state index contributed by atoms with van der Waals surface area (Å²) in [7, 11) is 1.54. The molecule has 0 aliphatic heterocycles. The molecule has 1 aromatic heterocycles. The van der Waals surface area contributed by atoms with Crippen LogP contribution in [0.2, 0.25) is 10.0 Å². The SMILES string of the molecule is COc1ccc(F)cc1-c1cc2c(Cl)cc(Cl)cc2[nH]1. The summed E-state index contributed by atoms with van der Waals surface area (Å²) in [6.07, 6.45) is 0. The zero-order valence-corrected chi connectivity index (χ0v) is 12.0. The Labute approximate surface area is 125 Å². The Bertz CT molecular complexity index is 798. The number of hydrogen-bond donors (Lipinski definition) is 1. The van der Waals surface area contributed by atoms with Crippen LogP contribution in [-0.2, 0) is 0 Å². The second-order valence-electron chi connectivity index (χ2n) is 4.38. The molecule has 0 fully saturated rings. The lowest BCUT2D eigenvalue weighted by Crippen LogP contribution is -1.89. The second kappa shape index (κ2) is 5.00. The molecule has 5 heteroatoms. The summed E-state index contributed by atoms with van der Waals surface area (Å²) in [5, 5.41) is 1.92. The van der Waals surface area contributed by atoms with Crippen molar-refractivity contribution in [3.63, 3.8) is 0 Å². The first-order valence-electron chi connectivity index (χ1n) is 5.90. The molecule has 1 N–H and O–H groups in total. The Morgan fingerprint density at radius 1 is 1.10 bits per heavy atom. The first-order chi connectivity index (χ1) is 9.58. The normalized spacial score (nSPS) is 11.0. The van der Waals surface area contributed by atoms with E-state index in [2.05, 4.69) is 4.98 Å². The Balaban J connectivity index is 2.25. The van der Waals surface area contributed by atoms with Gasteiger partial charge in [0.1, 0.15) is 11.6 Å². The van der Waals surface area contributed by atoms with E-state index < -0.39 is 0 Å². The third-order valence-corrected chi connectivity index (χ3v) is 3.63. The molecule has 0 spiro atoms. The number of nitrogens with one attached hydrogen (secondary N) is 1. The summed E-state index contributed by atoms with van der Waals surface area (Å²) in [5.74, 6) is 0.253. The van der Waals surface area contributed by atoms with Gasteiger partial charge in [-0.2, -0.15) is 0 Å². The zero-order chi connectivity index (χ0) is 14.3. The predicted molar refractivity (Wildman–Crippen MR) is 80.3 cm³/mol. The van der Waals surface area contributed by atoms with Crippen LogP contribution in [0.25, 0.3) is 22.2 Å². The van der Waals surface area contributed by atoms with Gasteiger partial charge < -0.3 is 9.72 Å². The molecule has 0 radical (unpaired) electrons. The predicted octanol–water partition coefficient (Wildman–Crippen LogP) is 5.29. The molecular formula is C15H10Cl2FNO. The van der Waals surface area contributed by atoms with Crippen LogP contribution in [0.1, 0.15) is 0 Å². The summed E-state index contributed by atoms with van der Waals surface area (Å²) in [6, 6.07) is 9.66. The smallest absolute Gasteiger partial charge is 0.128 e. The highest BCUT2D eigenvalue weighted by Crippen LogP contribution is 2.35. The molecule has 3 aromatic rings. The lowest BCUT2D eigenvalue weighted by molar-refractivity contribution is 0.415. The monoisotopic (exact) mass is 309 g/mol. The van der Waals surface area contributed by atoms with Crippen molar-refractivity contribution in [3.05, 3.63) is 52.3 Å². The van der Waals surface area contributed by atoms with Gasteiger partial charge in [-0.25, -0.2) is 4.39 Å². The Kier molecular flexibility index (Phi) is 3.32. The van der Waals surface area contributed by atoms with Crippen LogP contribution in [0.3, 0.4) is 0 Å². The second-order valence-corrected chi connectivity index (χ2v) is 5.22. The Morgan fingerprint density at radius 2 is 1.90 bits per heavy atom. The molecule has 2 aromatic carbocycles. The number of ether oxygens (including phenoxy) is 1. The molecule has 0 unspecified atom stereocenters. The van der Waals surface area contributed by atoms with Crippen molar-refractivity contribution in [1.82, 2.24) is 4.98 Å². The van der Waals surface area contributed by atoms with Gasteiger partial charge in [-0.15, -0.1) is 0 Å². The molecule has 0 bridgehead atoms. The van der Waals surface area contributed by atoms with Gasteiger partial charge in [-0.1, -0.05) is 23.2 Å². The minimum atomic E-state index is -0.330. The van der Waals surface area contributed by atoms with Crippen LogP contribution >= 0.6 is 23.2 Å². The van der Waals surface area contributed by atoms with Crippen molar-refractivity contribution in [3.8, 4) is 17.0 Å². The van der Waals surface area contributed by atoms with E-state index in [1.807, 2.05) is 6.07 Å². The lowest BCUT2D eigenvalue weighted by atomic mass is 10.1. The standard InChI is InChI=1S/C15H10Cl2FNO/c1-20-15-3-2-9(18)6-11(15)14-7-10-12(17)4-8(16)5-13(10)19-14/h2-7,19H,1H3. The number of halogens is 3. The number of benzene rings is 2. The number of aromatic nitrogens is 1. The molecule has 20 heavy (non-hydrogen) atoms. The number of hydrogen-bond acceptors (Lipinski definition) is 1. The molecule has 3 rings (SSSR count). The van der Waals surface area contributed by atoms with Crippen molar-refractivity contribution < 1.29 is 9.13 Å². The summed E-state index contributed by atoms with van der Waals surface area (Å²) in [4.78, 5) is 3.18. The van der Waals surface area contributed by atoms with Crippen LogP contribution in [-0.4, -0.2) is 12.1 Å².